The number of aromatic nitrogens is 2. The molecule has 0 aromatic carbocycles. The maximum atomic E-state index is 8.54. The SMILES string of the molecule is N=C(Cc1ccnc(N)c1)C1CCN(CC2CCN(Cc3ccnc(N)c3)CC2)CC1. The minimum atomic E-state index is 0.403. The van der Waals surface area contributed by atoms with Crippen molar-refractivity contribution in [1.29, 1.82) is 5.41 Å². The van der Waals surface area contributed by atoms with Gasteiger partial charge in [-0.15, -0.1) is 0 Å². The fraction of sp³-hybridized carbons (Fsp3) is 0.542. The lowest BCUT2D eigenvalue weighted by Crippen LogP contribution is -2.42. The molecule has 0 saturated carbocycles. The molecule has 0 bridgehead atoms. The average Bonchev–Trinajstić information content (AvgIpc) is 2.76. The van der Waals surface area contributed by atoms with E-state index >= 15 is 0 Å². The molecule has 0 atom stereocenters. The molecule has 7 nitrogen and oxygen atoms in total. The number of pyridine rings is 2. The van der Waals surface area contributed by atoms with E-state index in [1.165, 1.54) is 24.9 Å². The Labute approximate surface area is 185 Å². The molecule has 2 aromatic heterocycles. The maximum absolute atomic E-state index is 8.54. The Morgan fingerprint density at radius 2 is 1.45 bits per heavy atom. The number of hydrogen-bond donors (Lipinski definition) is 3. The first-order valence-electron chi connectivity index (χ1n) is 11.5. The van der Waals surface area contributed by atoms with Gasteiger partial charge in [0, 0.05) is 37.6 Å². The molecule has 5 N–H and O–H groups in total. The standard InChI is InChI=1S/C24H35N7/c25-22(13-19-1-7-28-23(26)14-19)21-5-11-31(12-6-21)16-18-3-9-30(10-4-18)17-20-2-8-29-24(27)15-20/h1-2,7-8,14-15,18,21,25H,3-6,9-13,16-17H2,(H2,26,28)(H2,27,29). The first-order chi connectivity index (χ1) is 15.0. The van der Waals surface area contributed by atoms with Crippen LogP contribution in [0.5, 0.6) is 0 Å². The Morgan fingerprint density at radius 1 is 0.871 bits per heavy atom. The topological polar surface area (TPSA) is 108 Å². The number of nitrogens with zero attached hydrogens (tertiary/aromatic N) is 4. The van der Waals surface area contributed by atoms with E-state index in [-0.39, 0.29) is 0 Å². The summed E-state index contributed by atoms with van der Waals surface area (Å²) in [6.45, 7) is 6.71. The van der Waals surface area contributed by atoms with E-state index in [9.17, 15) is 0 Å². The van der Waals surface area contributed by atoms with Crippen LogP contribution in [-0.2, 0) is 13.0 Å². The van der Waals surface area contributed by atoms with Crippen LogP contribution in [0, 0.1) is 17.2 Å². The summed E-state index contributed by atoms with van der Waals surface area (Å²) in [5.41, 5.74) is 14.8. The number of anilines is 2. The zero-order chi connectivity index (χ0) is 21.6. The predicted octanol–water partition coefficient (Wildman–Crippen LogP) is 2.83. The van der Waals surface area contributed by atoms with Crippen molar-refractivity contribution in [3.8, 4) is 0 Å². The molecule has 2 saturated heterocycles. The van der Waals surface area contributed by atoms with Gasteiger partial charge in [0.05, 0.1) is 0 Å². The molecular formula is C24H35N7. The highest BCUT2D eigenvalue weighted by Crippen LogP contribution is 2.25. The van der Waals surface area contributed by atoms with Gasteiger partial charge in [-0.2, -0.15) is 0 Å². The quantitative estimate of drug-likeness (QED) is 0.593. The van der Waals surface area contributed by atoms with Crippen molar-refractivity contribution in [1.82, 2.24) is 19.8 Å². The van der Waals surface area contributed by atoms with Gasteiger partial charge >= 0.3 is 0 Å². The van der Waals surface area contributed by atoms with Crippen molar-refractivity contribution >= 4 is 17.3 Å². The van der Waals surface area contributed by atoms with Crippen molar-refractivity contribution in [2.75, 3.05) is 44.2 Å². The fourth-order valence-corrected chi connectivity index (χ4v) is 4.98. The van der Waals surface area contributed by atoms with Gasteiger partial charge in [0.1, 0.15) is 11.6 Å². The van der Waals surface area contributed by atoms with E-state index < -0.39 is 0 Å². The Bertz CT molecular complexity index is 868. The summed E-state index contributed by atoms with van der Waals surface area (Å²) in [6.07, 6.45) is 8.95. The maximum Gasteiger partial charge on any atom is 0.123 e. The van der Waals surface area contributed by atoms with Crippen molar-refractivity contribution in [2.24, 2.45) is 11.8 Å². The van der Waals surface area contributed by atoms with E-state index in [1.54, 1.807) is 12.4 Å². The normalized spacial score (nSPS) is 19.5. The van der Waals surface area contributed by atoms with Gasteiger partial charge in [-0.05, 0) is 99.1 Å². The second-order valence-corrected chi connectivity index (χ2v) is 9.17. The van der Waals surface area contributed by atoms with Crippen LogP contribution < -0.4 is 11.5 Å². The summed E-state index contributed by atoms with van der Waals surface area (Å²) in [7, 11) is 0. The van der Waals surface area contributed by atoms with Crippen LogP contribution in [-0.4, -0.2) is 58.2 Å². The number of likely N-dealkylation sites (tertiary alicyclic amines) is 2. The smallest absolute Gasteiger partial charge is 0.123 e. The van der Waals surface area contributed by atoms with Gasteiger partial charge in [0.2, 0.25) is 0 Å². The number of piperidine rings is 2. The van der Waals surface area contributed by atoms with E-state index in [2.05, 4.69) is 25.8 Å². The molecule has 7 heteroatoms. The molecule has 0 amide bonds. The highest BCUT2D eigenvalue weighted by Gasteiger charge is 2.26. The van der Waals surface area contributed by atoms with Gasteiger partial charge in [0.25, 0.3) is 0 Å². The summed E-state index contributed by atoms with van der Waals surface area (Å²) in [4.78, 5) is 13.3. The molecule has 2 aliphatic rings. The zero-order valence-corrected chi connectivity index (χ0v) is 18.3. The number of nitrogen functional groups attached to an aromatic ring is 2. The van der Waals surface area contributed by atoms with Crippen molar-refractivity contribution < 1.29 is 0 Å². The first-order valence-corrected chi connectivity index (χ1v) is 11.5. The molecule has 0 radical (unpaired) electrons. The molecule has 4 heterocycles. The number of nitrogens with one attached hydrogen (secondary N) is 1. The van der Waals surface area contributed by atoms with E-state index in [4.69, 9.17) is 16.9 Å². The van der Waals surface area contributed by atoms with E-state index in [0.29, 0.717) is 24.0 Å². The lowest BCUT2D eigenvalue weighted by Gasteiger charge is -2.38. The van der Waals surface area contributed by atoms with Crippen LogP contribution in [0.3, 0.4) is 0 Å². The highest BCUT2D eigenvalue weighted by atomic mass is 15.2. The molecule has 2 aromatic rings. The molecule has 0 spiro atoms. The van der Waals surface area contributed by atoms with Gasteiger partial charge in [0.15, 0.2) is 0 Å². The number of hydrogen-bond acceptors (Lipinski definition) is 7. The molecule has 4 rings (SSSR count). The summed E-state index contributed by atoms with van der Waals surface area (Å²) in [5.74, 6) is 2.33. The fourth-order valence-electron chi connectivity index (χ4n) is 4.98. The Balaban J connectivity index is 1.16. The predicted molar refractivity (Wildman–Crippen MR) is 126 cm³/mol. The third-order valence-electron chi connectivity index (χ3n) is 6.80. The van der Waals surface area contributed by atoms with Crippen LogP contribution >= 0.6 is 0 Å². The van der Waals surface area contributed by atoms with Gasteiger partial charge in [-0.25, -0.2) is 9.97 Å². The summed E-state index contributed by atoms with van der Waals surface area (Å²) < 4.78 is 0. The Hall–Kier alpha value is -2.51. The lowest BCUT2D eigenvalue weighted by atomic mass is 9.87. The van der Waals surface area contributed by atoms with Gasteiger partial charge in [-0.3, -0.25) is 4.90 Å². The molecule has 0 unspecified atom stereocenters. The molecule has 31 heavy (non-hydrogen) atoms. The Morgan fingerprint density at radius 3 is 2.10 bits per heavy atom. The van der Waals surface area contributed by atoms with E-state index in [0.717, 1.165) is 62.8 Å². The van der Waals surface area contributed by atoms with Crippen LogP contribution in [0.4, 0.5) is 11.6 Å². The molecular weight excluding hydrogens is 386 g/mol. The second-order valence-electron chi connectivity index (χ2n) is 9.17. The number of rotatable bonds is 7. The van der Waals surface area contributed by atoms with Gasteiger partial charge < -0.3 is 21.8 Å². The average molecular weight is 422 g/mol. The molecule has 0 aliphatic carbocycles. The third-order valence-corrected chi connectivity index (χ3v) is 6.80. The van der Waals surface area contributed by atoms with Crippen molar-refractivity contribution in [3.63, 3.8) is 0 Å². The van der Waals surface area contributed by atoms with Crippen LogP contribution in [0.1, 0.15) is 36.8 Å². The lowest BCUT2D eigenvalue weighted by molar-refractivity contribution is 0.122. The monoisotopic (exact) mass is 421 g/mol. The van der Waals surface area contributed by atoms with Crippen molar-refractivity contribution in [2.45, 2.75) is 38.6 Å². The van der Waals surface area contributed by atoms with Crippen LogP contribution in [0.25, 0.3) is 0 Å². The van der Waals surface area contributed by atoms with E-state index in [1.807, 2.05) is 18.2 Å². The van der Waals surface area contributed by atoms with Crippen LogP contribution in [0.2, 0.25) is 0 Å². The summed E-state index contributed by atoms with van der Waals surface area (Å²) in [5, 5.41) is 8.54. The molecule has 166 valence electrons. The molecule has 2 fully saturated rings. The van der Waals surface area contributed by atoms with Crippen LogP contribution in [0.15, 0.2) is 36.7 Å². The van der Waals surface area contributed by atoms with Crippen molar-refractivity contribution in [3.05, 3.63) is 47.8 Å². The minimum Gasteiger partial charge on any atom is -0.384 e. The highest BCUT2D eigenvalue weighted by molar-refractivity contribution is 5.86. The zero-order valence-electron chi connectivity index (χ0n) is 18.3. The largest absolute Gasteiger partial charge is 0.384 e. The Kier molecular flexibility index (Phi) is 7.14. The first kappa shape index (κ1) is 21.7. The van der Waals surface area contributed by atoms with Gasteiger partial charge in [-0.1, -0.05) is 0 Å². The minimum absolute atomic E-state index is 0.403. The summed E-state index contributed by atoms with van der Waals surface area (Å²) >= 11 is 0. The second kappa shape index (κ2) is 10.2. The number of nitrogens with two attached hydrogens (primary N) is 2. The molecule has 2 aliphatic heterocycles. The summed E-state index contributed by atoms with van der Waals surface area (Å²) in [6, 6.07) is 7.90. The third kappa shape index (κ3) is 6.24.